The first-order valence-electron chi connectivity index (χ1n) is 6.90. The topological polar surface area (TPSA) is 69.7 Å². The van der Waals surface area contributed by atoms with E-state index in [-0.39, 0.29) is 5.91 Å². The molecular formula is C16H16N2O4. The zero-order valence-corrected chi connectivity index (χ0v) is 12.4. The molecule has 2 aromatic rings. The molecule has 0 aliphatic carbocycles. The quantitative estimate of drug-likeness (QED) is 0.943. The van der Waals surface area contributed by atoms with Crippen LogP contribution in [0.2, 0.25) is 0 Å². The third-order valence-electron chi connectivity index (χ3n) is 3.17. The van der Waals surface area contributed by atoms with E-state index in [0.717, 1.165) is 5.56 Å². The fraction of sp³-hybridized carbons (Fsp3) is 0.250. The van der Waals surface area contributed by atoms with Crippen molar-refractivity contribution in [3.8, 4) is 28.6 Å². The number of hydrogen-bond acceptors (Lipinski definition) is 5. The van der Waals surface area contributed by atoms with Crippen LogP contribution in [-0.4, -0.2) is 31.2 Å². The van der Waals surface area contributed by atoms with Crippen LogP contribution < -0.4 is 19.5 Å². The van der Waals surface area contributed by atoms with E-state index in [1.54, 1.807) is 12.1 Å². The molecule has 22 heavy (non-hydrogen) atoms. The Hall–Kier alpha value is -2.76. The second-order valence-electron chi connectivity index (χ2n) is 4.79. The van der Waals surface area contributed by atoms with Gasteiger partial charge in [0.2, 0.25) is 11.8 Å². The molecule has 6 heteroatoms. The first-order valence-corrected chi connectivity index (χ1v) is 6.90. The predicted octanol–water partition coefficient (Wildman–Crippen LogP) is 2.49. The maximum absolute atomic E-state index is 11.3. The molecule has 0 bridgehead atoms. The highest BCUT2D eigenvalue weighted by Gasteiger charge is 2.18. The Bertz CT molecular complexity index is 715. The molecule has 0 saturated heterocycles. The molecule has 0 saturated carbocycles. The van der Waals surface area contributed by atoms with Gasteiger partial charge < -0.3 is 19.5 Å². The summed E-state index contributed by atoms with van der Waals surface area (Å²) < 4.78 is 16.5. The molecule has 2 heterocycles. The van der Waals surface area contributed by atoms with Crippen molar-refractivity contribution < 1.29 is 19.0 Å². The zero-order chi connectivity index (χ0) is 15.5. The highest BCUT2D eigenvalue weighted by molar-refractivity contribution is 5.89. The first kappa shape index (κ1) is 14.2. The van der Waals surface area contributed by atoms with E-state index in [0.29, 0.717) is 42.0 Å². The summed E-state index contributed by atoms with van der Waals surface area (Å²) in [4.78, 5) is 15.7. The van der Waals surface area contributed by atoms with E-state index < -0.39 is 0 Å². The average Bonchev–Trinajstić information content (AvgIpc) is 2.53. The Morgan fingerprint density at radius 2 is 2.09 bits per heavy atom. The fourth-order valence-electron chi connectivity index (χ4n) is 2.30. The van der Waals surface area contributed by atoms with Crippen LogP contribution in [0.15, 0.2) is 30.3 Å². The molecule has 1 aliphatic rings. The normalized spacial score (nSPS) is 12.6. The number of nitrogens with one attached hydrogen (secondary N) is 1. The third-order valence-corrected chi connectivity index (χ3v) is 3.17. The van der Waals surface area contributed by atoms with Crippen LogP contribution in [0.1, 0.15) is 6.92 Å². The minimum Gasteiger partial charge on any atom is -0.486 e. The second-order valence-corrected chi connectivity index (χ2v) is 4.79. The molecule has 6 nitrogen and oxygen atoms in total. The number of fused-ring (bicyclic) bond motifs is 1. The van der Waals surface area contributed by atoms with E-state index in [9.17, 15) is 4.79 Å². The molecule has 0 radical (unpaired) electrons. The van der Waals surface area contributed by atoms with E-state index in [1.807, 2.05) is 18.2 Å². The van der Waals surface area contributed by atoms with Crippen LogP contribution in [0.5, 0.6) is 17.4 Å². The maximum Gasteiger partial charge on any atom is 0.221 e. The Morgan fingerprint density at radius 3 is 2.86 bits per heavy atom. The van der Waals surface area contributed by atoms with Gasteiger partial charge in [-0.15, -0.1) is 0 Å². The number of ether oxygens (including phenoxy) is 3. The van der Waals surface area contributed by atoms with E-state index >= 15 is 0 Å². The lowest BCUT2D eigenvalue weighted by Gasteiger charge is -2.21. The smallest absolute Gasteiger partial charge is 0.221 e. The number of carbonyl (C=O) groups excluding carboxylic acids is 1. The number of carbonyl (C=O) groups is 1. The summed E-state index contributed by atoms with van der Waals surface area (Å²) in [5.74, 6) is 1.60. The number of pyridine rings is 1. The van der Waals surface area contributed by atoms with Crippen molar-refractivity contribution in [3.63, 3.8) is 0 Å². The van der Waals surface area contributed by atoms with Gasteiger partial charge in [-0.25, -0.2) is 4.98 Å². The van der Waals surface area contributed by atoms with Gasteiger partial charge in [-0.2, -0.15) is 0 Å². The fourth-order valence-corrected chi connectivity index (χ4v) is 2.30. The second kappa shape index (κ2) is 5.93. The molecule has 1 aromatic carbocycles. The number of benzene rings is 1. The van der Waals surface area contributed by atoms with Gasteiger partial charge in [0.05, 0.1) is 12.8 Å². The summed E-state index contributed by atoms with van der Waals surface area (Å²) in [5.41, 5.74) is 2.05. The predicted molar refractivity (Wildman–Crippen MR) is 81.5 cm³/mol. The molecule has 1 N–H and O–H groups in total. The maximum atomic E-state index is 11.3. The third kappa shape index (κ3) is 2.81. The van der Waals surface area contributed by atoms with Crippen LogP contribution in [0.4, 0.5) is 5.69 Å². The lowest BCUT2D eigenvalue weighted by Crippen LogP contribution is -2.16. The summed E-state index contributed by atoms with van der Waals surface area (Å²) in [7, 11) is 1.53. The summed E-state index contributed by atoms with van der Waals surface area (Å²) in [6.45, 7) is 2.47. The zero-order valence-electron chi connectivity index (χ0n) is 12.4. The molecule has 0 spiro atoms. The summed E-state index contributed by atoms with van der Waals surface area (Å²) in [6.07, 6.45) is 0. The number of anilines is 1. The van der Waals surface area contributed by atoms with Crippen LogP contribution >= 0.6 is 0 Å². The molecule has 3 rings (SSSR count). The van der Waals surface area contributed by atoms with Crippen LogP contribution in [0.3, 0.4) is 0 Å². The number of nitrogens with zero attached hydrogens (tertiary/aromatic N) is 1. The first-order chi connectivity index (χ1) is 10.7. The van der Waals surface area contributed by atoms with Crippen molar-refractivity contribution in [2.75, 3.05) is 25.6 Å². The van der Waals surface area contributed by atoms with Crippen molar-refractivity contribution in [1.29, 1.82) is 0 Å². The Balaban J connectivity index is 2.09. The molecular weight excluding hydrogens is 284 g/mol. The molecule has 0 fully saturated rings. The lowest BCUT2D eigenvalue weighted by atomic mass is 10.1. The van der Waals surface area contributed by atoms with Gasteiger partial charge in [0.25, 0.3) is 0 Å². The number of para-hydroxylation sites is 1. The molecule has 0 unspecified atom stereocenters. The largest absolute Gasteiger partial charge is 0.486 e. The number of rotatable bonds is 3. The number of aromatic nitrogens is 1. The van der Waals surface area contributed by atoms with Gasteiger partial charge in [0.1, 0.15) is 13.2 Å². The minimum absolute atomic E-state index is 0.158. The van der Waals surface area contributed by atoms with Crippen molar-refractivity contribution in [2.24, 2.45) is 0 Å². The van der Waals surface area contributed by atoms with E-state index in [1.165, 1.54) is 14.0 Å². The summed E-state index contributed by atoms with van der Waals surface area (Å²) >= 11 is 0. The number of amides is 1. The highest BCUT2D eigenvalue weighted by atomic mass is 16.6. The van der Waals surface area contributed by atoms with Gasteiger partial charge in [-0.05, 0) is 18.2 Å². The van der Waals surface area contributed by atoms with E-state index in [4.69, 9.17) is 14.2 Å². The molecule has 114 valence electrons. The van der Waals surface area contributed by atoms with Crippen molar-refractivity contribution in [1.82, 2.24) is 4.98 Å². The van der Waals surface area contributed by atoms with Gasteiger partial charge >= 0.3 is 0 Å². The average molecular weight is 300 g/mol. The van der Waals surface area contributed by atoms with Gasteiger partial charge in [-0.3, -0.25) is 4.79 Å². The van der Waals surface area contributed by atoms with Crippen molar-refractivity contribution in [2.45, 2.75) is 6.92 Å². The SMILES string of the molecule is COc1cc(NC(C)=O)cc(-c2cccc3c2OCCO3)n1. The standard InChI is InChI=1S/C16H16N2O4/c1-10(19)17-11-8-13(18-15(9-11)20-2)12-4-3-5-14-16(12)22-7-6-21-14/h3-5,8-9H,6-7H2,1-2H3,(H,17,18,19). The Labute approximate surface area is 128 Å². The number of methoxy groups -OCH3 is 1. The van der Waals surface area contributed by atoms with Gasteiger partial charge in [-0.1, -0.05) is 6.07 Å². The highest BCUT2D eigenvalue weighted by Crippen LogP contribution is 2.40. The molecule has 1 amide bonds. The Kier molecular flexibility index (Phi) is 3.82. The summed E-state index contributed by atoms with van der Waals surface area (Å²) in [6, 6.07) is 9.07. The number of hydrogen-bond donors (Lipinski definition) is 1. The van der Waals surface area contributed by atoms with Crippen LogP contribution in [-0.2, 0) is 4.79 Å². The molecule has 0 atom stereocenters. The molecule has 1 aliphatic heterocycles. The summed E-state index contributed by atoms with van der Waals surface area (Å²) in [5, 5.41) is 2.74. The van der Waals surface area contributed by atoms with Crippen LogP contribution in [0, 0.1) is 0 Å². The van der Waals surface area contributed by atoms with Gasteiger partial charge in [0, 0.05) is 24.2 Å². The van der Waals surface area contributed by atoms with Crippen molar-refractivity contribution >= 4 is 11.6 Å². The van der Waals surface area contributed by atoms with E-state index in [2.05, 4.69) is 10.3 Å². The van der Waals surface area contributed by atoms with Crippen LogP contribution in [0.25, 0.3) is 11.3 Å². The van der Waals surface area contributed by atoms with Gasteiger partial charge in [0.15, 0.2) is 11.5 Å². The lowest BCUT2D eigenvalue weighted by molar-refractivity contribution is -0.114. The minimum atomic E-state index is -0.158. The molecule has 1 aromatic heterocycles. The van der Waals surface area contributed by atoms with Crippen molar-refractivity contribution in [3.05, 3.63) is 30.3 Å². The Morgan fingerprint density at radius 1 is 1.27 bits per heavy atom. The monoisotopic (exact) mass is 300 g/mol.